The molecule has 0 spiro atoms. The second-order valence-electron chi connectivity index (χ2n) is 5.07. The van der Waals surface area contributed by atoms with Crippen LogP contribution >= 0.6 is 0 Å². The van der Waals surface area contributed by atoms with E-state index in [1.807, 2.05) is 4.90 Å². The third kappa shape index (κ3) is 3.46. The highest BCUT2D eigenvalue weighted by Gasteiger charge is 2.26. The molecule has 0 N–H and O–H groups in total. The minimum absolute atomic E-state index is 0.214. The molecule has 1 saturated heterocycles. The van der Waals surface area contributed by atoms with Crippen molar-refractivity contribution in [3.63, 3.8) is 0 Å². The Morgan fingerprint density at radius 1 is 1.24 bits per heavy atom. The number of benzene rings is 1. The van der Waals surface area contributed by atoms with Crippen LogP contribution in [-0.2, 0) is 4.74 Å². The van der Waals surface area contributed by atoms with Crippen LogP contribution < -0.4 is 4.90 Å². The largest absolute Gasteiger partial charge is 0.384 e. The summed E-state index contributed by atoms with van der Waals surface area (Å²) in [6, 6.07) is 3.80. The molecule has 0 amide bonds. The Hall–Kier alpha value is -2.22. The molecule has 8 nitrogen and oxygen atoms in total. The number of rotatable bonds is 5. The number of nitrogens with zero attached hydrogens (tertiary/aromatic N) is 3. The van der Waals surface area contributed by atoms with Gasteiger partial charge in [-0.05, 0) is 24.8 Å². The van der Waals surface area contributed by atoms with Crippen LogP contribution in [0, 0.1) is 26.1 Å². The average Bonchev–Trinajstić information content (AvgIpc) is 2.47. The molecule has 21 heavy (non-hydrogen) atoms. The number of nitro groups is 2. The Morgan fingerprint density at radius 2 is 1.90 bits per heavy atom. The summed E-state index contributed by atoms with van der Waals surface area (Å²) >= 11 is 0. The highest BCUT2D eigenvalue weighted by atomic mass is 16.6. The predicted molar refractivity (Wildman–Crippen MR) is 76.6 cm³/mol. The summed E-state index contributed by atoms with van der Waals surface area (Å²) < 4.78 is 5.12. The fourth-order valence-corrected chi connectivity index (χ4v) is 2.62. The first-order valence-corrected chi connectivity index (χ1v) is 6.69. The van der Waals surface area contributed by atoms with Gasteiger partial charge in [0.1, 0.15) is 5.69 Å². The van der Waals surface area contributed by atoms with Crippen LogP contribution in [-0.4, -0.2) is 36.7 Å². The number of non-ortho nitro benzene ring substituents is 1. The molecule has 0 unspecified atom stereocenters. The quantitative estimate of drug-likeness (QED) is 0.610. The van der Waals surface area contributed by atoms with Gasteiger partial charge >= 0.3 is 0 Å². The monoisotopic (exact) mass is 295 g/mol. The third-order valence-electron chi connectivity index (χ3n) is 3.72. The molecule has 0 bridgehead atoms. The van der Waals surface area contributed by atoms with Gasteiger partial charge in [-0.3, -0.25) is 20.2 Å². The number of anilines is 1. The van der Waals surface area contributed by atoms with Crippen molar-refractivity contribution < 1.29 is 14.6 Å². The molecule has 114 valence electrons. The van der Waals surface area contributed by atoms with E-state index in [4.69, 9.17) is 4.74 Å². The molecule has 1 aliphatic heterocycles. The molecular formula is C13H17N3O5. The fraction of sp³-hybridized carbons (Fsp3) is 0.538. The average molecular weight is 295 g/mol. The van der Waals surface area contributed by atoms with Gasteiger partial charge in [-0.1, -0.05) is 0 Å². The Morgan fingerprint density at radius 3 is 2.43 bits per heavy atom. The summed E-state index contributed by atoms with van der Waals surface area (Å²) in [6.07, 6.45) is 1.78. The van der Waals surface area contributed by atoms with Gasteiger partial charge in [0, 0.05) is 32.9 Å². The van der Waals surface area contributed by atoms with E-state index in [2.05, 4.69) is 0 Å². The van der Waals surface area contributed by atoms with E-state index in [1.165, 1.54) is 12.1 Å². The lowest BCUT2D eigenvalue weighted by Crippen LogP contribution is -2.35. The fourth-order valence-electron chi connectivity index (χ4n) is 2.62. The molecule has 2 rings (SSSR count). The van der Waals surface area contributed by atoms with Crippen LogP contribution in [0.5, 0.6) is 0 Å². The molecule has 0 radical (unpaired) electrons. The van der Waals surface area contributed by atoms with Crippen molar-refractivity contribution in [2.75, 3.05) is 31.7 Å². The molecular weight excluding hydrogens is 278 g/mol. The highest BCUT2D eigenvalue weighted by molar-refractivity contribution is 5.67. The first-order valence-electron chi connectivity index (χ1n) is 6.69. The zero-order valence-electron chi connectivity index (χ0n) is 11.7. The van der Waals surface area contributed by atoms with Gasteiger partial charge in [0.05, 0.1) is 15.9 Å². The van der Waals surface area contributed by atoms with E-state index >= 15 is 0 Å². The van der Waals surface area contributed by atoms with Crippen molar-refractivity contribution in [2.24, 2.45) is 5.92 Å². The second-order valence-corrected chi connectivity index (χ2v) is 5.07. The summed E-state index contributed by atoms with van der Waals surface area (Å²) in [6.45, 7) is 2.07. The second kappa shape index (κ2) is 6.49. The predicted octanol–water partition coefficient (Wildman–Crippen LogP) is 2.37. The molecule has 8 heteroatoms. The van der Waals surface area contributed by atoms with Crippen LogP contribution in [0.2, 0.25) is 0 Å². The van der Waals surface area contributed by atoms with Gasteiger partial charge < -0.3 is 9.64 Å². The van der Waals surface area contributed by atoms with Crippen molar-refractivity contribution in [1.29, 1.82) is 0 Å². The van der Waals surface area contributed by atoms with Gasteiger partial charge in [0.25, 0.3) is 11.4 Å². The Bertz CT molecular complexity index is 541. The summed E-state index contributed by atoms with van der Waals surface area (Å²) in [7, 11) is 1.66. The summed E-state index contributed by atoms with van der Waals surface area (Å²) in [5.41, 5.74) is -0.0319. The van der Waals surface area contributed by atoms with Crippen molar-refractivity contribution in [2.45, 2.75) is 12.8 Å². The maximum absolute atomic E-state index is 11.1. The normalized spacial score (nSPS) is 16.0. The van der Waals surface area contributed by atoms with E-state index in [0.29, 0.717) is 31.3 Å². The first kappa shape index (κ1) is 15.2. The maximum atomic E-state index is 11.1. The Balaban J connectivity index is 2.20. The lowest BCUT2D eigenvalue weighted by molar-refractivity contribution is -0.393. The summed E-state index contributed by atoms with van der Waals surface area (Å²) in [4.78, 5) is 22.6. The molecule has 0 aromatic heterocycles. The van der Waals surface area contributed by atoms with Crippen molar-refractivity contribution >= 4 is 17.1 Å². The number of ether oxygens (including phenoxy) is 1. The standard InChI is InChI=1S/C13H17N3O5/c1-21-9-10-4-6-14(7-5-10)12-3-2-11(15(17)18)8-13(12)16(19)20/h2-3,8,10H,4-7,9H2,1H3. The third-order valence-corrected chi connectivity index (χ3v) is 3.72. The smallest absolute Gasteiger partial charge is 0.299 e. The van der Waals surface area contributed by atoms with Gasteiger partial charge in [0.15, 0.2) is 0 Å². The van der Waals surface area contributed by atoms with Gasteiger partial charge in [-0.25, -0.2) is 0 Å². The summed E-state index contributed by atoms with van der Waals surface area (Å²) in [5, 5.41) is 21.9. The lowest BCUT2D eigenvalue weighted by Gasteiger charge is -2.32. The number of piperidine rings is 1. The SMILES string of the molecule is COCC1CCN(c2ccc([N+](=O)[O-])cc2[N+](=O)[O-])CC1. The van der Waals surface area contributed by atoms with Crippen LogP contribution in [0.4, 0.5) is 17.1 Å². The van der Waals surface area contributed by atoms with Crippen molar-refractivity contribution in [3.05, 3.63) is 38.4 Å². The number of methoxy groups -OCH3 is 1. The molecule has 0 saturated carbocycles. The van der Waals surface area contributed by atoms with Gasteiger partial charge in [-0.2, -0.15) is 0 Å². The zero-order valence-corrected chi connectivity index (χ0v) is 11.7. The van der Waals surface area contributed by atoms with Gasteiger partial charge in [0.2, 0.25) is 0 Å². The van der Waals surface area contributed by atoms with Gasteiger partial charge in [-0.15, -0.1) is 0 Å². The lowest BCUT2D eigenvalue weighted by atomic mass is 9.97. The van der Waals surface area contributed by atoms with E-state index in [0.717, 1.165) is 18.9 Å². The van der Waals surface area contributed by atoms with E-state index < -0.39 is 9.85 Å². The molecule has 0 aliphatic carbocycles. The van der Waals surface area contributed by atoms with E-state index in [1.54, 1.807) is 7.11 Å². The minimum Gasteiger partial charge on any atom is -0.384 e. The highest BCUT2D eigenvalue weighted by Crippen LogP contribution is 2.34. The summed E-state index contributed by atoms with van der Waals surface area (Å²) in [5.74, 6) is 0.461. The first-order chi connectivity index (χ1) is 10.0. The number of hydrogen-bond acceptors (Lipinski definition) is 6. The van der Waals surface area contributed by atoms with Crippen LogP contribution in [0.1, 0.15) is 12.8 Å². The topological polar surface area (TPSA) is 98.8 Å². The Labute approximate surface area is 121 Å². The molecule has 1 aromatic carbocycles. The van der Waals surface area contributed by atoms with Crippen LogP contribution in [0.15, 0.2) is 18.2 Å². The van der Waals surface area contributed by atoms with E-state index in [-0.39, 0.29) is 11.4 Å². The van der Waals surface area contributed by atoms with Crippen molar-refractivity contribution in [1.82, 2.24) is 0 Å². The number of hydrogen-bond donors (Lipinski definition) is 0. The van der Waals surface area contributed by atoms with Crippen LogP contribution in [0.3, 0.4) is 0 Å². The Kier molecular flexibility index (Phi) is 4.69. The molecule has 1 heterocycles. The molecule has 0 atom stereocenters. The number of nitro benzene ring substituents is 2. The zero-order chi connectivity index (χ0) is 15.4. The molecule has 1 aliphatic rings. The maximum Gasteiger partial charge on any atom is 0.299 e. The van der Waals surface area contributed by atoms with E-state index in [9.17, 15) is 20.2 Å². The minimum atomic E-state index is -0.623. The molecule has 1 aromatic rings. The van der Waals surface area contributed by atoms with Crippen molar-refractivity contribution in [3.8, 4) is 0 Å². The van der Waals surface area contributed by atoms with Crippen LogP contribution in [0.25, 0.3) is 0 Å². The molecule has 1 fully saturated rings.